The van der Waals surface area contributed by atoms with Gasteiger partial charge in [0, 0.05) is 5.56 Å². The zero-order valence-electron chi connectivity index (χ0n) is 8.98. The SMILES string of the molecule is CC(C)=O.COc1cc(C=O)ccc1O. The van der Waals surface area contributed by atoms with Crippen molar-refractivity contribution in [2.24, 2.45) is 0 Å². The molecule has 0 amide bonds. The second kappa shape index (κ2) is 6.59. The Hall–Kier alpha value is -1.84. The van der Waals surface area contributed by atoms with Gasteiger partial charge in [0.25, 0.3) is 0 Å². The van der Waals surface area contributed by atoms with Crippen molar-refractivity contribution in [1.29, 1.82) is 0 Å². The first-order valence-electron chi connectivity index (χ1n) is 4.30. The van der Waals surface area contributed by atoms with Crippen LogP contribution in [-0.2, 0) is 4.79 Å². The summed E-state index contributed by atoms with van der Waals surface area (Å²) in [6.07, 6.45) is 0.696. The minimum absolute atomic E-state index is 0.0399. The molecule has 0 fully saturated rings. The Labute approximate surface area is 88.5 Å². The van der Waals surface area contributed by atoms with Crippen LogP contribution in [0.3, 0.4) is 0 Å². The van der Waals surface area contributed by atoms with Gasteiger partial charge in [0.2, 0.25) is 0 Å². The molecule has 1 aromatic carbocycles. The summed E-state index contributed by atoms with van der Waals surface area (Å²) < 4.78 is 4.78. The molecule has 0 saturated heterocycles. The first-order chi connectivity index (χ1) is 7.01. The summed E-state index contributed by atoms with van der Waals surface area (Å²) in [5.74, 6) is 0.521. The van der Waals surface area contributed by atoms with Gasteiger partial charge in [-0.2, -0.15) is 0 Å². The molecule has 0 aliphatic heterocycles. The van der Waals surface area contributed by atoms with Gasteiger partial charge < -0.3 is 14.6 Å². The van der Waals surface area contributed by atoms with Crippen molar-refractivity contribution in [2.75, 3.05) is 7.11 Å². The van der Waals surface area contributed by atoms with E-state index in [-0.39, 0.29) is 11.5 Å². The minimum atomic E-state index is 0.0399. The summed E-state index contributed by atoms with van der Waals surface area (Å²) in [6.45, 7) is 3.06. The highest BCUT2D eigenvalue weighted by Gasteiger charge is 2.00. The molecule has 0 aromatic heterocycles. The topological polar surface area (TPSA) is 63.6 Å². The van der Waals surface area contributed by atoms with Gasteiger partial charge >= 0.3 is 0 Å². The number of aldehydes is 1. The molecule has 0 bridgehead atoms. The van der Waals surface area contributed by atoms with Gasteiger partial charge in [-0.3, -0.25) is 4.79 Å². The van der Waals surface area contributed by atoms with Gasteiger partial charge in [0.1, 0.15) is 12.1 Å². The third-order valence-corrected chi connectivity index (χ3v) is 1.34. The summed E-state index contributed by atoms with van der Waals surface area (Å²) in [7, 11) is 1.43. The van der Waals surface area contributed by atoms with E-state index in [0.29, 0.717) is 17.6 Å². The van der Waals surface area contributed by atoms with E-state index in [1.165, 1.54) is 39.2 Å². The maximum absolute atomic E-state index is 10.2. The average molecular weight is 210 g/mol. The van der Waals surface area contributed by atoms with Crippen LogP contribution in [0.5, 0.6) is 11.5 Å². The Morgan fingerprint density at radius 3 is 2.33 bits per heavy atom. The Balaban J connectivity index is 0.000000423. The quantitative estimate of drug-likeness (QED) is 0.756. The maximum atomic E-state index is 10.2. The van der Waals surface area contributed by atoms with Crippen molar-refractivity contribution >= 4 is 12.1 Å². The second-order valence-electron chi connectivity index (χ2n) is 2.96. The van der Waals surface area contributed by atoms with Crippen LogP contribution in [0, 0.1) is 0 Å². The van der Waals surface area contributed by atoms with Crippen LogP contribution in [0.15, 0.2) is 18.2 Å². The first-order valence-corrected chi connectivity index (χ1v) is 4.30. The lowest BCUT2D eigenvalue weighted by molar-refractivity contribution is -0.114. The number of aromatic hydroxyl groups is 1. The van der Waals surface area contributed by atoms with Crippen LogP contribution in [0.1, 0.15) is 24.2 Å². The molecular formula is C11H14O4. The van der Waals surface area contributed by atoms with Gasteiger partial charge in [-0.05, 0) is 32.0 Å². The third-order valence-electron chi connectivity index (χ3n) is 1.34. The number of phenolic OH excluding ortho intramolecular Hbond substituents is 1. The number of ether oxygens (including phenoxy) is 1. The standard InChI is InChI=1S/C8H8O3.C3H6O/c1-11-8-4-6(5-9)2-3-7(8)10;1-3(2)4/h2-5,10H,1H3;1-2H3. The fourth-order valence-corrected chi connectivity index (χ4v) is 0.768. The van der Waals surface area contributed by atoms with E-state index in [2.05, 4.69) is 0 Å². The van der Waals surface area contributed by atoms with Crippen LogP contribution in [-0.4, -0.2) is 24.3 Å². The molecule has 82 valence electrons. The molecule has 0 radical (unpaired) electrons. The van der Waals surface area contributed by atoms with Crippen LogP contribution >= 0.6 is 0 Å². The van der Waals surface area contributed by atoms with Crippen molar-refractivity contribution in [2.45, 2.75) is 13.8 Å². The van der Waals surface area contributed by atoms with E-state index < -0.39 is 0 Å². The number of phenols is 1. The lowest BCUT2D eigenvalue weighted by Gasteiger charge is -2.01. The Morgan fingerprint density at radius 2 is 1.93 bits per heavy atom. The van der Waals surface area contributed by atoms with Gasteiger partial charge in [-0.25, -0.2) is 0 Å². The van der Waals surface area contributed by atoms with Gasteiger partial charge in [-0.15, -0.1) is 0 Å². The molecule has 0 aliphatic carbocycles. The molecular weight excluding hydrogens is 196 g/mol. The number of benzene rings is 1. The van der Waals surface area contributed by atoms with Crippen LogP contribution in [0.25, 0.3) is 0 Å². The summed E-state index contributed by atoms with van der Waals surface area (Å²) in [5, 5.41) is 9.09. The fraction of sp³-hybridized carbons (Fsp3) is 0.273. The summed E-state index contributed by atoms with van der Waals surface area (Å²) in [4.78, 5) is 19.7. The molecule has 4 nitrogen and oxygen atoms in total. The third kappa shape index (κ3) is 5.46. The number of hydrogen-bond donors (Lipinski definition) is 1. The van der Waals surface area contributed by atoms with Crippen LogP contribution in [0.2, 0.25) is 0 Å². The highest BCUT2D eigenvalue weighted by atomic mass is 16.5. The molecule has 1 N–H and O–H groups in total. The molecule has 0 unspecified atom stereocenters. The number of methoxy groups -OCH3 is 1. The predicted octanol–water partition coefficient (Wildman–Crippen LogP) is 1.81. The Kier molecular flexibility index (Phi) is 5.78. The lowest BCUT2D eigenvalue weighted by atomic mass is 10.2. The molecule has 4 heteroatoms. The van der Waals surface area contributed by atoms with E-state index in [1.54, 1.807) is 0 Å². The van der Waals surface area contributed by atoms with Gasteiger partial charge in [0.05, 0.1) is 7.11 Å². The zero-order chi connectivity index (χ0) is 11.8. The van der Waals surface area contributed by atoms with E-state index in [9.17, 15) is 9.59 Å². The van der Waals surface area contributed by atoms with Crippen molar-refractivity contribution in [3.8, 4) is 11.5 Å². The molecule has 0 saturated carbocycles. The first kappa shape index (κ1) is 13.2. The van der Waals surface area contributed by atoms with Crippen LogP contribution < -0.4 is 4.74 Å². The van der Waals surface area contributed by atoms with Gasteiger partial charge in [0.15, 0.2) is 11.5 Å². The Morgan fingerprint density at radius 1 is 1.40 bits per heavy atom. The normalized spacial score (nSPS) is 8.47. The van der Waals surface area contributed by atoms with Crippen molar-refractivity contribution < 1.29 is 19.4 Å². The second-order valence-corrected chi connectivity index (χ2v) is 2.96. The van der Waals surface area contributed by atoms with E-state index in [1.807, 2.05) is 0 Å². The highest BCUT2D eigenvalue weighted by molar-refractivity contribution is 5.76. The number of carbonyl (C=O) groups excluding carboxylic acids is 2. The molecule has 0 aliphatic rings. The molecule has 15 heavy (non-hydrogen) atoms. The summed E-state index contributed by atoms with van der Waals surface area (Å²) in [6, 6.07) is 4.41. The van der Waals surface area contributed by atoms with Crippen LogP contribution in [0.4, 0.5) is 0 Å². The number of Topliss-reactive ketones (excluding diaryl/α,β-unsaturated/α-hetero) is 1. The predicted molar refractivity (Wildman–Crippen MR) is 56.4 cm³/mol. The number of hydrogen-bond acceptors (Lipinski definition) is 4. The molecule has 1 aromatic rings. The average Bonchev–Trinajstić information content (AvgIpc) is 2.18. The number of rotatable bonds is 2. The van der Waals surface area contributed by atoms with Gasteiger partial charge in [-0.1, -0.05) is 0 Å². The summed E-state index contributed by atoms with van der Waals surface area (Å²) in [5.41, 5.74) is 0.486. The monoisotopic (exact) mass is 210 g/mol. The molecule has 0 heterocycles. The largest absolute Gasteiger partial charge is 0.504 e. The Bertz CT molecular complexity index is 340. The van der Waals surface area contributed by atoms with Crippen molar-refractivity contribution in [1.82, 2.24) is 0 Å². The van der Waals surface area contributed by atoms with E-state index in [0.717, 1.165) is 0 Å². The summed E-state index contributed by atoms with van der Waals surface area (Å²) >= 11 is 0. The smallest absolute Gasteiger partial charge is 0.161 e. The maximum Gasteiger partial charge on any atom is 0.161 e. The number of carbonyl (C=O) groups is 2. The fourth-order valence-electron chi connectivity index (χ4n) is 0.768. The van der Waals surface area contributed by atoms with Crippen molar-refractivity contribution in [3.63, 3.8) is 0 Å². The van der Waals surface area contributed by atoms with Crippen molar-refractivity contribution in [3.05, 3.63) is 23.8 Å². The number of ketones is 1. The van der Waals surface area contributed by atoms with E-state index in [4.69, 9.17) is 9.84 Å². The molecule has 0 spiro atoms. The van der Waals surface area contributed by atoms with E-state index >= 15 is 0 Å². The molecule has 0 atom stereocenters. The minimum Gasteiger partial charge on any atom is -0.504 e. The lowest BCUT2D eigenvalue weighted by Crippen LogP contribution is -1.85. The highest BCUT2D eigenvalue weighted by Crippen LogP contribution is 2.25. The molecule has 1 rings (SSSR count). The zero-order valence-corrected chi connectivity index (χ0v) is 8.98.